The van der Waals surface area contributed by atoms with Crippen molar-refractivity contribution in [2.45, 2.75) is 26.1 Å². The lowest BCUT2D eigenvalue weighted by atomic mass is 10.1. The number of nitriles is 1. The first-order valence-electron chi connectivity index (χ1n) is 10.3. The first kappa shape index (κ1) is 21.4. The highest BCUT2D eigenvalue weighted by molar-refractivity contribution is 5.96. The summed E-state index contributed by atoms with van der Waals surface area (Å²) in [5.41, 5.74) is 2.14. The topological polar surface area (TPSA) is 128 Å². The number of amides is 1. The van der Waals surface area contributed by atoms with Crippen LogP contribution in [0, 0.1) is 11.3 Å². The van der Waals surface area contributed by atoms with Gasteiger partial charge < -0.3 is 30.0 Å². The van der Waals surface area contributed by atoms with E-state index in [9.17, 15) is 10.1 Å². The lowest BCUT2D eigenvalue weighted by Gasteiger charge is -2.35. The summed E-state index contributed by atoms with van der Waals surface area (Å²) in [5, 5.41) is 16.1. The Kier molecular flexibility index (Phi) is 5.83. The lowest BCUT2D eigenvalue weighted by Crippen LogP contribution is -2.48. The van der Waals surface area contributed by atoms with Crippen LogP contribution >= 0.6 is 0 Å². The summed E-state index contributed by atoms with van der Waals surface area (Å²) in [6, 6.07) is 7.34. The van der Waals surface area contributed by atoms with Gasteiger partial charge in [-0.2, -0.15) is 15.2 Å². The van der Waals surface area contributed by atoms with Crippen molar-refractivity contribution in [3.63, 3.8) is 0 Å². The number of aromatic nitrogens is 3. The Bertz CT molecular complexity index is 1190. The second-order valence-electron chi connectivity index (χ2n) is 7.69. The Labute approximate surface area is 185 Å². The maximum absolute atomic E-state index is 13.0. The Morgan fingerprint density at radius 2 is 2.06 bits per heavy atom. The standard InChI is InChI=1S/C22H25N7O3/c1-12-10-29(11-13(2)32-12)21(30)14-5-6-16(17(7-14)31-4)26-22-27-19(24-3)18-15(8-23)9-25-20(18)28-22/h5-7,9,12-13H,10-11H2,1-4H3,(H3,24,25,26,27,28)/t12-,13+. The summed E-state index contributed by atoms with van der Waals surface area (Å²) in [4.78, 5) is 26.7. The molecule has 1 aliphatic rings. The summed E-state index contributed by atoms with van der Waals surface area (Å²) in [7, 11) is 3.27. The number of ether oxygens (including phenoxy) is 2. The summed E-state index contributed by atoms with van der Waals surface area (Å²) in [6.07, 6.45) is 1.58. The van der Waals surface area contributed by atoms with Crippen molar-refractivity contribution in [1.82, 2.24) is 19.9 Å². The zero-order chi connectivity index (χ0) is 22.8. The predicted molar refractivity (Wildman–Crippen MR) is 120 cm³/mol. The van der Waals surface area contributed by atoms with Crippen LogP contribution < -0.4 is 15.4 Å². The van der Waals surface area contributed by atoms with Crippen LogP contribution in [0.4, 0.5) is 17.5 Å². The van der Waals surface area contributed by atoms with E-state index in [0.29, 0.717) is 58.5 Å². The minimum Gasteiger partial charge on any atom is -0.495 e. The molecule has 1 fully saturated rings. The van der Waals surface area contributed by atoms with Crippen molar-refractivity contribution >= 4 is 34.4 Å². The molecule has 1 amide bonds. The average molecular weight is 435 g/mol. The highest BCUT2D eigenvalue weighted by Crippen LogP contribution is 2.31. The van der Waals surface area contributed by atoms with Gasteiger partial charge in [-0.3, -0.25) is 4.79 Å². The number of benzene rings is 1. The predicted octanol–water partition coefficient (Wildman–Crippen LogP) is 2.87. The molecule has 1 saturated heterocycles. The van der Waals surface area contributed by atoms with Crippen LogP contribution in [-0.2, 0) is 4.74 Å². The minimum atomic E-state index is -0.0672. The Balaban J connectivity index is 1.61. The molecule has 3 aromatic rings. The van der Waals surface area contributed by atoms with E-state index in [2.05, 4.69) is 31.7 Å². The first-order chi connectivity index (χ1) is 15.4. The van der Waals surface area contributed by atoms with E-state index in [-0.39, 0.29) is 18.1 Å². The lowest BCUT2D eigenvalue weighted by molar-refractivity contribution is -0.0586. The van der Waals surface area contributed by atoms with Crippen LogP contribution in [0.3, 0.4) is 0 Å². The highest BCUT2D eigenvalue weighted by Gasteiger charge is 2.27. The third-order valence-electron chi connectivity index (χ3n) is 5.29. The Hall–Kier alpha value is -3.84. The van der Waals surface area contributed by atoms with Crippen LogP contribution in [-0.4, -0.2) is 65.2 Å². The van der Waals surface area contributed by atoms with Gasteiger partial charge in [0, 0.05) is 31.9 Å². The second-order valence-corrected chi connectivity index (χ2v) is 7.69. The number of hydrogen-bond acceptors (Lipinski definition) is 8. The number of carbonyl (C=O) groups excluding carboxylic acids is 1. The van der Waals surface area contributed by atoms with Gasteiger partial charge in [-0.15, -0.1) is 0 Å². The molecule has 32 heavy (non-hydrogen) atoms. The van der Waals surface area contributed by atoms with Gasteiger partial charge in [0.2, 0.25) is 5.95 Å². The zero-order valence-corrected chi connectivity index (χ0v) is 18.4. The number of hydrogen-bond donors (Lipinski definition) is 3. The maximum Gasteiger partial charge on any atom is 0.254 e. The minimum absolute atomic E-state index is 0.00601. The maximum atomic E-state index is 13.0. The fourth-order valence-electron chi connectivity index (χ4n) is 3.93. The van der Waals surface area contributed by atoms with Gasteiger partial charge >= 0.3 is 0 Å². The molecular weight excluding hydrogens is 410 g/mol. The SMILES string of the molecule is CNc1nc(Nc2ccc(C(=O)N3C[C@@H](C)O[C@@H](C)C3)cc2OC)nc2[nH]cc(C#N)c12. The molecule has 2 aromatic heterocycles. The van der Waals surface area contributed by atoms with Crippen molar-refractivity contribution in [2.75, 3.05) is 37.9 Å². The first-order valence-corrected chi connectivity index (χ1v) is 10.3. The quantitative estimate of drug-likeness (QED) is 0.558. The molecule has 4 rings (SSSR count). The molecule has 10 nitrogen and oxygen atoms in total. The molecule has 0 saturated carbocycles. The summed E-state index contributed by atoms with van der Waals surface area (Å²) >= 11 is 0. The number of morpholine rings is 1. The van der Waals surface area contributed by atoms with Crippen LogP contribution in [0.2, 0.25) is 0 Å². The van der Waals surface area contributed by atoms with Gasteiger partial charge in [-0.05, 0) is 32.0 Å². The number of fused-ring (bicyclic) bond motifs is 1. The van der Waals surface area contributed by atoms with Gasteiger partial charge in [0.1, 0.15) is 23.3 Å². The molecule has 1 aromatic carbocycles. The number of nitrogens with one attached hydrogen (secondary N) is 3. The molecule has 2 atom stereocenters. The highest BCUT2D eigenvalue weighted by atomic mass is 16.5. The van der Waals surface area contributed by atoms with Crippen LogP contribution in [0.15, 0.2) is 24.4 Å². The van der Waals surface area contributed by atoms with Crippen molar-refractivity contribution in [2.24, 2.45) is 0 Å². The molecular formula is C22H25N7O3. The van der Waals surface area contributed by atoms with Gasteiger partial charge in [0.25, 0.3) is 5.91 Å². The number of aromatic amines is 1. The molecule has 0 aliphatic carbocycles. The number of anilines is 3. The number of rotatable bonds is 5. The number of H-pyrrole nitrogens is 1. The van der Waals surface area contributed by atoms with E-state index in [1.807, 2.05) is 13.8 Å². The molecule has 0 spiro atoms. The van der Waals surface area contributed by atoms with E-state index in [4.69, 9.17) is 9.47 Å². The molecule has 0 radical (unpaired) electrons. The van der Waals surface area contributed by atoms with Crippen LogP contribution in [0.5, 0.6) is 5.75 Å². The van der Waals surface area contributed by atoms with Crippen LogP contribution in [0.25, 0.3) is 11.0 Å². The van der Waals surface area contributed by atoms with Gasteiger partial charge in [0.05, 0.1) is 36.0 Å². The second kappa shape index (κ2) is 8.72. The third-order valence-corrected chi connectivity index (χ3v) is 5.29. The monoisotopic (exact) mass is 435 g/mol. The summed E-state index contributed by atoms with van der Waals surface area (Å²) in [5.74, 6) is 1.27. The normalized spacial score (nSPS) is 18.3. The van der Waals surface area contributed by atoms with Crippen molar-refractivity contribution in [1.29, 1.82) is 5.26 Å². The molecule has 1 aliphatic heterocycles. The molecule has 0 bridgehead atoms. The van der Waals surface area contributed by atoms with E-state index in [1.54, 1.807) is 43.5 Å². The van der Waals surface area contributed by atoms with Gasteiger partial charge in [-0.25, -0.2) is 0 Å². The molecule has 3 heterocycles. The van der Waals surface area contributed by atoms with Crippen molar-refractivity contribution < 1.29 is 14.3 Å². The number of methoxy groups -OCH3 is 1. The van der Waals surface area contributed by atoms with E-state index < -0.39 is 0 Å². The molecule has 0 unspecified atom stereocenters. The fraction of sp³-hybridized carbons (Fsp3) is 0.364. The molecule has 3 N–H and O–H groups in total. The van der Waals surface area contributed by atoms with E-state index in [0.717, 1.165) is 0 Å². The molecule has 10 heteroatoms. The zero-order valence-electron chi connectivity index (χ0n) is 18.4. The van der Waals surface area contributed by atoms with Crippen molar-refractivity contribution in [3.05, 3.63) is 35.5 Å². The molecule has 166 valence electrons. The smallest absolute Gasteiger partial charge is 0.254 e. The largest absolute Gasteiger partial charge is 0.495 e. The van der Waals surface area contributed by atoms with E-state index >= 15 is 0 Å². The summed E-state index contributed by atoms with van der Waals surface area (Å²) < 4.78 is 11.2. The fourth-order valence-corrected chi connectivity index (χ4v) is 3.93. The number of carbonyl (C=O) groups is 1. The van der Waals surface area contributed by atoms with Crippen LogP contribution in [0.1, 0.15) is 29.8 Å². The Morgan fingerprint density at radius 1 is 1.31 bits per heavy atom. The average Bonchev–Trinajstić information content (AvgIpc) is 3.20. The Morgan fingerprint density at radius 3 is 2.72 bits per heavy atom. The summed E-state index contributed by atoms with van der Waals surface area (Å²) in [6.45, 7) is 5.02. The van der Waals surface area contributed by atoms with Gasteiger partial charge in [0.15, 0.2) is 0 Å². The van der Waals surface area contributed by atoms with Gasteiger partial charge in [-0.1, -0.05) is 0 Å². The van der Waals surface area contributed by atoms with Crippen molar-refractivity contribution in [3.8, 4) is 11.8 Å². The third kappa shape index (κ3) is 4.02. The van der Waals surface area contributed by atoms with E-state index in [1.165, 1.54) is 0 Å². The number of nitrogens with zero attached hydrogens (tertiary/aromatic N) is 4.